The molecule has 0 aromatic rings. The van der Waals surface area contributed by atoms with Gasteiger partial charge in [-0.05, 0) is 13.0 Å². The number of halogens is 1. The Kier molecular flexibility index (Phi) is 24.1. The maximum absolute atomic E-state index is 8.00. The van der Waals surface area contributed by atoms with E-state index in [9.17, 15) is 0 Å². The molecule has 0 saturated heterocycles. The van der Waals surface area contributed by atoms with Gasteiger partial charge in [0.05, 0.1) is 0 Å². The molecule has 2 N–H and O–H groups in total. The monoisotopic (exact) mass is 123 g/mol. The van der Waals surface area contributed by atoms with Crippen LogP contribution in [-0.2, 0) is 4.79 Å². The summed E-state index contributed by atoms with van der Waals surface area (Å²) < 4.78 is 0. The van der Waals surface area contributed by atoms with Crippen LogP contribution in [0.3, 0.4) is 0 Å². The summed E-state index contributed by atoms with van der Waals surface area (Å²) in [5.74, 6) is 0.691. The number of carbonyl (C=O) groups excluding carboxylic acids is 1. The molecule has 0 aliphatic heterocycles. The third-order valence-electron chi connectivity index (χ3n) is 0.338. The van der Waals surface area contributed by atoms with Crippen molar-refractivity contribution in [2.24, 2.45) is 5.73 Å². The SMILES string of the molecule is C=O.NCCCCl. The number of rotatable bonds is 2. The second-order valence-corrected chi connectivity index (χ2v) is 1.21. The molecule has 44 valence electrons. The van der Waals surface area contributed by atoms with Crippen LogP contribution in [0.2, 0.25) is 0 Å². The average molecular weight is 124 g/mol. The maximum atomic E-state index is 8.00. The zero-order chi connectivity index (χ0) is 6.12. The van der Waals surface area contributed by atoms with Gasteiger partial charge in [-0.25, -0.2) is 0 Å². The zero-order valence-electron chi connectivity index (χ0n) is 4.19. The summed E-state index contributed by atoms with van der Waals surface area (Å²) in [6.45, 7) is 2.71. The highest BCUT2D eigenvalue weighted by Crippen LogP contribution is 1.76. The fourth-order valence-corrected chi connectivity index (χ4v) is 0.231. The molecule has 0 aliphatic carbocycles. The Morgan fingerprint density at radius 2 is 2.00 bits per heavy atom. The highest BCUT2D eigenvalue weighted by molar-refractivity contribution is 6.17. The van der Waals surface area contributed by atoms with Crippen LogP contribution in [0, 0.1) is 0 Å². The molecule has 0 spiro atoms. The van der Waals surface area contributed by atoms with E-state index in [1.54, 1.807) is 0 Å². The van der Waals surface area contributed by atoms with Crippen LogP contribution in [0.1, 0.15) is 6.42 Å². The first-order chi connectivity index (χ1) is 3.41. The van der Waals surface area contributed by atoms with Crippen LogP contribution in [0.25, 0.3) is 0 Å². The van der Waals surface area contributed by atoms with Crippen LogP contribution in [0.4, 0.5) is 0 Å². The van der Waals surface area contributed by atoms with Crippen molar-refractivity contribution in [3.05, 3.63) is 0 Å². The van der Waals surface area contributed by atoms with Gasteiger partial charge in [-0.2, -0.15) is 0 Å². The first-order valence-electron chi connectivity index (χ1n) is 1.96. The maximum Gasteiger partial charge on any atom is 0.106 e. The van der Waals surface area contributed by atoms with Crippen molar-refractivity contribution >= 4 is 18.4 Å². The molecule has 0 radical (unpaired) electrons. The van der Waals surface area contributed by atoms with Crippen LogP contribution in [0.15, 0.2) is 0 Å². The third kappa shape index (κ3) is 24.7. The van der Waals surface area contributed by atoms with E-state index in [0.717, 1.165) is 6.42 Å². The first-order valence-corrected chi connectivity index (χ1v) is 2.50. The molecule has 0 aromatic carbocycles. The van der Waals surface area contributed by atoms with Crippen molar-refractivity contribution < 1.29 is 4.79 Å². The smallest absolute Gasteiger partial charge is 0.106 e. The molecule has 0 heterocycles. The number of nitrogens with two attached hydrogens (primary N) is 1. The Morgan fingerprint density at radius 3 is 2.00 bits per heavy atom. The predicted octanol–water partition coefficient (Wildman–Crippen LogP) is 0.389. The second-order valence-electron chi connectivity index (χ2n) is 0.831. The summed E-state index contributed by atoms with van der Waals surface area (Å²) in [5.41, 5.74) is 5.05. The van der Waals surface area contributed by atoms with Gasteiger partial charge in [0.1, 0.15) is 6.79 Å². The summed E-state index contributed by atoms with van der Waals surface area (Å²) in [5, 5.41) is 0. The number of alkyl halides is 1. The van der Waals surface area contributed by atoms with E-state index >= 15 is 0 Å². The third-order valence-corrected chi connectivity index (χ3v) is 0.605. The molecule has 0 rings (SSSR count). The van der Waals surface area contributed by atoms with E-state index in [1.165, 1.54) is 0 Å². The number of hydrogen-bond donors (Lipinski definition) is 1. The lowest BCUT2D eigenvalue weighted by Gasteiger charge is -1.78. The zero-order valence-corrected chi connectivity index (χ0v) is 4.95. The van der Waals surface area contributed by atoms with E-state index in [-0.39, 0.29) is 0 Å². The van der Waals surface area contributed by atoms with Gasteiger partial charge in [0.25, 0.3) is 0 Å². The molecule has 0 saturated carbocycles. The van der Waals surface area contributed by atoms with Crippen molar-refractivity contribution in [1.29, 1.82) is 0 Å². The van der Waals surface area contributed by atoms with Gasteiger partial charge in [-0.1, -0.05) is 0 Å². The summed E-state index contributed by atoms with van der Waals surface area (Å²) in [6, 6.07) is 0. The van der Waals surface area contributed by atoms with Crippen LogP contribution in [-0.4, -0.2) is 19.2 Å². The topological polar surface area (TPSA) is 43.1 Å². The molecular weight excluding hydrogens is 114 g/mol. The van der Waals surface area contributed by atoms with Gasteiger partial charge in [0.15, 0.2) is 0 Å². The van der Waals surface area contributed by atoms with Crippen molar-refractivity contribution in [2.75, 3.05) is 12.4 Å². The molecular formula is C4H10ClNO. The Balaban J connectivity index is 0. The predicted molar refractivity (Wildman–Crippen MR) is 31.5 cm³/mol. The molecule has 0 atom stereocenters. The molecule has 0 aromatic heterocycles. The average Bonchev–Trinajstić information content (AvgIpc) is 1.75. The van der Waals surface area contributed by atoms with Gasteiger partial charge in [0, 0.05) is 5.88 Å². The van der Waals surface area contributed by atoms with Crippen molar-refractivity contribution in [3.8, 4) is 0 Å². The first kappa shape index (κ1) is 10.0. The van der Waals surface area contributed by atoms with E-state index < -0.39 is 0 Å². The van der Waals surface area contributed by atoms with E-state index in [0.29, 0.717) is 12.4 Å². The van der Waals surface area contributed by atoms with Gasteiger partial charge in [-0.3, -0.25) is 0 Å². The molecule has 0 unspecified atom stereocenters. The Labute approximate surface area is 48.6 Å². The molecule has 3 heteroatoms. The molecule has 0 fully saturated rings. The van der Waals surface area contributed by atoms with Crippen molar-refractivity contribution in [2.45, 2.75) is 6.42 Å². The molecule has 0 bridgehead atoms. The summed E-state index contributed by atoms with van der Waals surface area (Å²) in [4.78, 5) is 8.00. The van der Waals surface area contributed by atoms with Gasteiger partial charge in [0.2, 0.25) is 0 Å². The Morgan fingerprint density at radius 1 is 1.57 bits per heavy atom. The van der Waals surface area contributed by atoms with Crippen LogP contribution < -0.4 is 5.73 Å². The normalized spacial score (nSPS) is 6.57. The lowest BCUT2D eigenvalue weighted by Crippen LogP contribution is -1.97. The lowest BCUT2D eigenvalue weighted by molar-refractivity contribution is -0.0979. The van der Waals surface area contributed by atoms with Gasteiger partial charge in [-0.15, -0.1) is 11.6 Å². The fraction of sp³-hybridized carbons (Fsp3) is 0.750. The molecule has 7 heavy (non-hydrogen) atoms. The number of carbonyl (C=O) groups is 1. The van der Waals surface area contributed by atoms with E-state index in [2.05, 4.69) is 0 Å². The summed E-state index contributed by atoms with van der Waals surface area (Å²) in [6.07, 6.45) is 0.932. The summed E-state index contributed by atoms with van der Waals surface area (Å²) in [7, 11) is 0. The lowest BCUT2D eigenvalue weighted by atomic mass is 10.5. The largest absolute Gasteiger partial charge is 0.330 e. The van der Waals surface area contributed by atoms with Gasteiger partial charge < -0.3 is 10.5 Å². The van der Waals surface area contributed by atoms with E-state index in [1.807, 2.05) is 6.79 Å². The summed E-state index contributed by atoms with van der Waals surface area (Å²) >= 11 is 5.22. The van der Waals surface area contributed by atoms with Crippen LogP contribution in [0.5, 0.6) is 0 Å². The quantitative estimate of drug-likeness (QED) is 0.540. The Hall–Kier alpha value is -0.0800. The number of hydrogen-bond acceptors (Lipinski definition) is 2. The highest BCUT2D eigenvalue weighted by atomic mass is 35.5. The molecule has 0 aliphatic rings. The second kappa shape index (κ2) is 16.8. The van der Waals surface area contributed by atoms with Crippen molar-refractivity contribution in [3.63, 3.8) is 0 Å². The van der Waals surface area contributed by atoms with Gasteiger partial charge >= 0.3 is 0 Å². The minimum Gasteiger partial charge on any atom is -0.330 e. The minimum absolute atomic E-state index is 0.691. The minimum atomic E-state index is 0.691. The van der Waals surface area contributed by atoms with Crippen LogP contribution >= 0.6 is 11.6 Å². The van der Waals surface area contributed by atoms with Crippen molar-refractivity contribution in [1.82, 2.24) is 0 Å². The highest BCUT2D eigenvalue weighted by Gasteiger charge is 1.70. The van der Waals surface area contributed by atoms with E-state index in [4.69, 9.17) is 22.1 Å². The fourth-order valence-electron chi connectivity index (χ4n) is 0.0772. The molecule has 0 amide bonds. The molecule has 2 nitrogen and oxygen atoms in total. The standard InChI is InChI=1S/C3H8ClN.CH2O/c4-2-1-3-5;1-2/h1-3,5H2;1H2. The Bertz CT molecular complexity index is 25.7.